The van der Waals surface area contributed by atoms with Crippen LogP contribution in [0.2, 0.25) is 10.0 Å². The van der Waals surface area contributed by atoms with E-state index in [4.69, 9.17) is 23.2 Å². The number of carbonyl (C=O) groups excluding carboxylic acids is 4. The molecule has 3 aliphatic rings. The lowest BCUT2D eigenvalue weighted by Gasteiger charge is -2.38. The van der Waals surface area contributed by atoms with Gasteiger partial charge in [0.05, 0.1) is 36.3 Å². The van der Waals surface area contributed by atoms with Gasteiger partial charge in [0.2, 0.25) is 11.8 Å². The van der Waals surface area contributed by atoms with Crippen molar-refractivity contribution in [3.8, 4) is 0 Å². The normalized spacial score (nSPS) is 24.5. The van der Waals surface area contributed by atoms with Crippen LogP contribution in [0, 0.1) is 0 Å². The van der Waals surface area contributed by atoms with Crippen molar-refractivity contribution in [3.63, 3.8) is 0 Å². The Morgan fingerprint density at radius 3 is 1.21 bits per heavy atom. The number of piperazine rings is 1. The molecule has 2 atom stereocenters. The van der Waals surface area contributed by atoms with Crippen LogP contribution in [0.1, 0.15) is 12.8 Å². The Balaban J connectivity index is 1.23. The Bertz CT molecular complexity index is 1060. The van der Waals surface area contributed by atoms with Crippen LogP contribution < -0.4 is 9.80 Å². The number of hydrogen-bond acceptors (Lipinski definition) is 6. The Hall–Kier alpha value is -2.78. The minimum atomic E-state index is -0.531. The lowest BCUT2D eigenvalue weighted by molar-refractivity contribution is -0.126. The summed E-state index contributed by atoms with van der Waals surface area (Å²) in [6.45, 7) is 2.10. The van der Waals surface area contributed by atoms with E-state index in [1.807, 2.05) is 9.80 Å². The zero-order valence-corrected chi connectivity index (χ0v) is 19.7. The molecule has 0 N–H and O–H groups in total. The van der Waals surface area contributed by atoms with Gasteiger partial charge in [-0.2, -0.15) is 0 Å². The molecular formula is C24H22Cl2N4O4. The number of nitrogens with zero attached hydrogens (tertiary/aromatic N) is 4. The quantitative estimate of drug-likeness (QED) is 0.600. The maximum atomic E-state index is 13.1. The average molecular weight is 501 g/mol. The molecule has 0 unspecified atom stereocenters. The van der Waals surface area contributed by atoms with Gasteiger partial charge in [-0.1, -0.05) is 23.2 Å². The third-order valence-corrected chi connectivity index (χ3v) is 7.15. The first kappa shape index (κ1) is 23.0. The number of amides is 4. The molecule has 2 aromatic rings. The molecule has 0 bridgehead atoms. The summed E-state index contributed by atoms with van der Waals surface area (Å²) in [7, 11) is 0. The summed E-state index contributed by atoms with van der Waals surface area (Å²) < 4.78 is 0. The highest BCUT2D eigenvalue weighted by Gasteiger charge is 2.46. The van der Waals surface area contributed by atoms with Gasteiger partial charge in [-0.05, 0) is 48.5 Å². The van der Waals surface area contributed by atoms with E-state index in [0.29, 0.717) is 47.6 Å². The molecule has 4 amide bonds. The Kier molecular flexibility index (Phi) is 6.16. The van der Waals surface area contributed by atoms with Crippen molar-refractivity contribution in [2.24, 2.45) is 0 Å². The van der Waals surface area contributed by atoms with Crippen molar-refractivity contribution in [3.05, 3.63) is 58.6 Å². The van der Waals surface area contributed by atoms with E-state index in [9.17, 15) is 19.2 Å². The van der Waals surface area contributed by atoms with Crippen molar-refractivity contribution < 1.29 is 19.2 Å². The molecule has 10 heteroatoms. The highest BCUT2D eigenvalue weighted by atomic mass is 35.5. The summed E-state index contributed by atoms with van der Waals surface area (Å²) in [5, 5.41) is 1.06. The second kappa shape index (κ2) is 9.11. The minimum absolute atomic E-state index is 0.118. The van der Waals surface area contributed by atoms with Crippen LogP contribution >= 0.6 is 23.2 Å². The summed E-state index contributed by atoms with van der Waals surface area (Å²) >= 11 is 11.8. The second-order valence-corrected chi connectivity index (χ2v) is 9.47. The van der Waals surface area contributed by atoms with Gasteiger partial charge < -0.3 is 0 Å². The van der Waals surface area contributed by atoms with E-state index in [1.54, 1.807) is 48.5 Å². The smallest absolute Gasteiger partial charge is 0.251 e. The monoisotopic (exact) mass is 500 g/mol. The minimum Gasteiger partial charge on any atom is -0.289 e. The number of carbonyl (C=O) groups is 4. The molecule has 8 nitrogen and oxygen atoms in total. The van der Waals surface area contributed by atoms with Gasteiger partial charge in [0.25, 0.3) is 11.8 Å². The van der Waals surface area contributed by atoms with Crippen LogP contribution in [-0.4, -0.2) is 71.7 Å². The highest BCUT2D eigenvalue weighted by molar-refractivity contribution is 6.31. The third kappa shape index (κ3) is 4.11. The first-order chi connectivity index (χ1) is 16.3. The molecule has 3 fully saturated rings. The maximum Gasteiger partial charge on any atom is 0.251 e. The number of anilines is 2. The molecule has 3 saturated heterocycles. The first-order valence-corrected chi connectivity index (χ1v) is 11.8. The van der Waals surface area contributed by atoms with Gasteiger partial charge in [0.15, 0.2) is 0 Å². The van der Waals surface area contributed by atoms with Crippen LogP contribution in [0.5, 0.6) is 0 Å². The summed E-state index contributed by atoms with van der Waals surface area (Å²) in [4.78, 5) is 57.8. The number of hydrogen-bond donors (Lipinski definition) is 0. The van der Waals surface area contributed by atoms with E-state index >= 15 is 0 Å². The number of rotatable bonds is 4. The Morgan fingerprint density at radius 2 is 0.882 bits per heavy atom. The van der Waals surface area contributed by atoms with Crippen molar-refractivity contribution in [1.29, 1.82) is 0 Å². The molecule has 3 heterocycles. The predicted molar refractivity (Wildman–Crippen MR) is 128 cm³/mol. The van der Waals surface area contributed by atoms with Gasteiger partial charge in [0.1, 0.15) is 0 Å². The predicted octanol–water partition coefficient (Wildman–Crippen LogP) is 2.58. The zero-order valence-electron chi connectivity index (χ0n) is 18.2. The molecule has 0 spiro atoms. The standard InChI is InChI=1S/C24H22Cl2N4O4/c25-15-1-5-17(6-2-15)29-21(31)13-19(23(29)33)27-9-11-28(12-10-27)20-14-22(32)30(24(20)34)18-7-3-16(26)4-8-18/h1-8,19-20H,9-14H2/t19-,20-/m1/s1. The van der Waals surface area contributed by atoms with E-state index in [2.05, 4.69) is 0 Å². The van der Waals surface area contributed by atoms with Crippen molar-refractivity contribution in [1.82, 2.24) is 9.80 Å². The summed E-state index contributed by atoms with van der Waals surface area (Å²) in [6, 6.07) is 12.2. The fraction of sp³-hybridized carbons (Fsp3) is 0.333. The average Bonchev–Trinajstić information content (AvgIpc) is 3.29. The molecule has 0 saturated carbocycles. The van der Waals surface area contributed by atoms with Crippen molar-refractivity contribution in [2.75, 3.05) is 36.0 Å². The molecule has 3 aliphatic heterocycles. The van der Waals surface area contributed by atoms with Gasteiger partial charge in [-0.15, -0.1) is 0 Å². The van der Waals surface area contributed by atoms with Gasteiger partial charge in [0, 0.05) is 36.2 Å². The van der Waals surface area contributed by atoms with Crippen molar-refractivity contribution >= 4 is 58.2 Å². The van der Waals surface area contributed by atoms with E-state index < -0.39 is 12.1 Å². The van der Waals surface area contributed by atoms with Gasteiger partial charge >= 0.3 is 0 Å². The lowest BCUT2D eigenvalue weighted by atomic mass is 10.1. The number of benzene rings is 2. The lowest BCUT2D eigenvalue weighted by Crippen LogP contribution is -2.56. The molecular weight excluding hydrogens is 479 g/mol. The summed E-state index contributed by atoms with van der Waals surface area (Å²) in [5.41, 5.74) is 1.02. The molecule has 176 valence electrons. The molecule has 0 aromatic heterocycles. The largest absolute Gasteiger partial charge is 0.289 e. The SMILES string of the molecule is O=C1C[C@@H](N2CCN([C@@H]3CC(=O)N(c4ccc(Cl)cc4)C3=O)CC2)C(=O)N1c1ccc(Cl)cc1. The van der Waals surface area contributed by atoms with Crippen LogP contribution in [0.4, 0.5) is 11.4 Å². The van der Waals surface area contributed by atoms with E-state index in [1.165, 1.54) is 9.80 Å². The Morgan fingerprint density at radius 1 is 0.559 bits per heavy atom. The number of imide groups is 2. The van der Waals surface area contributed by atoms with Crippen molar-refractivity contribution in [2.45, 2.75) is 24.9 Å². The molecule has 0 aliphatic carbocycles. The third-order valence-electron chi connectivity index (χ3n) is 6.65. The summed E-state index contributed by atoms with van der Waals surface area (Å²) in [6.07, 6.45) is 0.235. The zero-order chi connectivity index (χ0) is 24.0. The van der Waals surface area contributed by atoms with E-state index in [-0.39, 0.29) is 36.5 Å². The van der Waals surface area contributed by atoms with Crippen LogP contribution in [0.3, 0.4) is 0 Å². The fourth-order valence-electron chi connectivity index (χ4n) is 4.89. The molecule has 34 heavy (non-hydrogen) atoms. The number of halogens is 2. The van der Waals surface area contributed by atoms with Crippen LogP contribution in [-0.2, 0) is 19.2 Å². The van der Waals surface area contributed by atoms with Crippen LogP contribution in [0.15, 0.2) is 48.5 Å². The molecule has 2 aromatic carbocycles. The second-order valence-electron chi connectivity index (χ2n) is 8.60. The molecule has 0 radical (unpaired) electrons. The van der Waals surface area contributed by atoms with Crippen LogP contribution in [0.25, 0.3) is 0 Å². The van der Waals surface area contributed by atoms with E-state index in [0.717, 1.165) is 0 Å². The van der Waals surface area contributed by atoms with Gasteiger partial charge in [-0.25, -0.2) is 9.80 Å². The highest BCUT2D eigenvalue weighted by Crippen LogP contribution is 2.30. The first-order valence-electron chi connectivity index (χ1n) is 11.1. The Labute approximate surface area is 206 Å². The molecule has 5 rings (SSSR count). The summed E-state index contributed by atoms with van der Waals surface area (Å²) in [5.74, 6) is -0.978. The topological polar surface area (TPSA) is 81.2 Å². The fourth-order valence-corrected chi connectivity index (χ4v) is 5.14. The maximum absolute atomic E-state index is 13.1. The van der Waals surface area contributed by atoms with Gasteiger partial charge in [-0.3, -0.25) is 29.0 Å².